The van der Waals surface area contributed by atoms with Crippen molar-refractivity contribution in [1.29, 1.82) is 0 Å². The van der Waals surface area contributed by atoms with Gasteiger partial charge in [0.15, 0.2) is 6.10 Å². The summed E-state index contributed by atoms with van der Waals surface area (Å²) in [7, 11) is 0. The molecule has 1 unspecified atom stereocenters. The Labute approximate surface area is 159 Å². The van der Waals surface area contributed by atoms with Gasteiger partial charge in [0.2, 0.25) is 0 Å². The van der Waals surface area contributed by atoms with E-state index in [1.54, 1.807) is 36.6 Å². The first-order chi connectivity index (χ1) is 12.8. The number of benzene rings is 1. The van der Waals surface area contributed by atoms with Crippen molar-refractivity contribution in [3.8, 4) is 0 Å². The fourth-order valence-corrected chi connectivity index (χ4v) is 2.98. The second kappa shape index (κ2) is 8.95. The quantitative estimate of drug-likeness (QED) is 0.618. The van der Waals surface area contributed by atoms with Crippen molar-refractivity contribution >= 4 is 40.0 Å². The van der Waals surface area contributed by atoms with Gasteiger partial charge in [-0.2, -0.15) is 0 Å². The van der Waals surface area contributed by atoms with Crippen molar-refractivity contribution in [2.45, 2.75) is 20.0 Å². The number of carbonyl (C=O) groups excluding carboxylic acids is 4. The summed E-state index contributed by atoms with van der Waals surface area (Å²) in [6.07, 6.45) is -1.12. The Morgan fingerprint density at radius 2 is 1.85 bits per heavy atom. The predicted molar refractivity (Wildman–Crippen MR) is 101 cm³/mol. The van der Waals surface area contributed by atoms with Gasteiger partial charge >= 0.3 is 5.97 Å². The van der Waals surface area contributed by atoms with E-state index in [-0.39, 0.29) is 17.1 Å². The first-order valence-corrected chi connectivity index (χ1v) is 8.89. The van der Waals surface area contributed by atoms with Crippen molar-refractivity contribution in [2.24, 2.45) is 5.73 Å². The van der Waals surface area contributed by atoms with Gasteiger partial charge in [0.05, 0.1) is 5.56 Å². The first-order valence-electron chi connectivity index (χ1n) is 8.01. The molecule has 2 rings (SSSR count). The molecule has 0 aliphatic heterocycles. The van der Waals surface area contributed by atoms with Gasteiger partial charge in [0, 0.05) is 5.56 Å². The van der Waals surface area contributed by atoms with E-state index in [2.05, 4.69) is 10.6 Å². The number of aryl methyl sites for hydroxylation is 1. The molecule has 0 saturated heterocycles. The largest absolute Gasteiger partial charge is 0.451 e. The average molecular weight is 389 g/mol. The van der Waals surface area contributed by atoms with E-state index in [0.717, 1.165) is 16.9 Å². The van der Waals surface area contributed by atoms with Crippen LogP contribution in [0, 0.1) is 6.92 Å². The summed E-state index contributed by atoms with van der Waals surface area (Å²) >= 11 is 1.13. The second-order valence-electron chi connectivity index (χ2n) is 5.65. The molecule has 1 aromatic heterocycles. The van der Waals surface area contributed by atoms with Gasteiger partial charge in [-0.3, -0.25) is 19.2 Å². The highest BCUT2D eigenvalue weighted by atomic mass is 32.1. The summed E-state index contributed by atoms with van der Waals surface area (Å²) in [5, 5.41) is 6.82. The lowest BCUT2D eigenvalue weighted by atomic mass is 10.1. The summed E-state index contributed by atoms with van der Waals surface area (Å²) in [6.45, 7) is 2.79. The number of ether oxygens (including phenoxy) is 1. The van der Waals surface area contributed by atoms with Crippen molar-refractivity contribution < 1.29 is 23.9 Å². The van der Waals surface area contributed by atoms with Crippen LogP contribution in [0.3, 0.4) is 0 Å². The molecule has 0 radical (unpaired) electrons. The topological polar surface area (TPSA) is 128 Å². The van der Waals surface area contributed by atoms with E-state index in [4.69, 9.17) is 10.5 Å². The van der Waals surface area contributed by atoms with E-state index in [0.29, 0.717) is 5.56 Å². The smallest absolute Gasteiger partial charge is 0.326 e. The third-order valence-electron chi connectivity index (χ3n) is 3.63. The zero-order chi connectivity index (χ0) is 20.0. The molecule has 27 heavy (non-hydrogen) atoms. The van der Waals surface area contributed by atoms with E-state index < -0.39 is 29.8 Å². The normalized spacial score (nSPS) is 11.3. The van der Waals surface area contributed by atoms with Gasteiger partial charge in [-0.15, -0.1) is 11.3 Å². The summed E-state index contributed by atoms with van der Waals surface area (Å²) in [5.41, 5.74) is 6.61. The maximum absolute atomic E-state index is 12.1. The number of thiophene rings is 1. The van der Waals surface area contributed by atoms with Crippen molar-refractivity contribution in [2.75, 3.05) is 11.9 Å². The van der Waals surface area contributed by atoms with Crippen LogP contribution in [0.5, 0.6) is 0 Å². The minimum Gasteiger partial charge on any atom is -0.451 e. The lowest BCUT2D eigenvalue weighted by Crippen LogP contribution is -2.36. The van der Waals surface area contributed by atoms with E-state index in [1.807, 2.05) is 0 Å². The number of nitrogens with one attached hydrogen (secondary N) is 2. The fraction of sp³-hybridized carbons (Fsp3) is 0.222. The van der Waals surface area contributed by atoms with Crippen LogP contribution in [-0.4, -0.2) is 36.3 Å². The average Bonchev–Trinajstić information content (AvgIpc) is 3.08. The van der Waals surface area contributed by atoms with Crippen molar-refractivity contribution in [3.05, 3.63) is 52.4 Å². The van der Waals surface area contributed by atoms with Crippen LogP contribution in [0.25, 0.3) is 0 Å². The van der Waals surface area contributed by atoms with Crippen molar-refractivity contribution in [3.63, 3.8) is 0 Å². The Bertz CT molecular complexity index is 877. The Morgan fingerprint density at radius 1 is 1.15 bits per heavy atom. The number of esters is 1. The number of nitrogens with two attached hydrogens (primary N) is 1. The molecule has 0 aliphatic rings. The summed E-state index contributed by atoms with van der Waals surface area (Å²) in [6, 6.07) is 8.43. The lowest BCUT2D eigenvalue weighted by Gasteiger charge is -2.14. The molecule has 1 atom stereocenters. The minimum absolute atomic E-state index is 0.178. The van der Waals surface area contributed by atoms with Gasteiger partial charge in [0.25, 0.3) is 17.7 Å². The Balaban J connectivity index is 1.85. The molecule has 8 nitrogen and oxygen atoms in total. The number of carbonyl (C=O) groups is 4. The zero-order valence-corrected chi connectivity index (χ0v) is 15.6. The van der Waals surface area contributed by atoms with Crippen LogP contribution in [0.1, 0.15) is 33.2 Å². The van der Waals surface area contributed by atoms with Gasteiger partial charge in [-0.25, -0.2) is 0 Å². The molecule has 0 fully saturated rings. The molecule has 1 heterocycles. The zero-order valence-electron chi connectivity index (χ0n) is 14.8. The number of amides is 3. The molecule has 2 aromatic rings. The third-order valence-corrected chi connectivity index (χ3v) is 4.46. The van der Waals surface area contributed by atoms with Crippen LogP contribution in [0.4, 0.5) is 5.00 Å². The van der Waals surface area contributed by atoms with Gasteiger partial charge in [0.1, 0.15) is 11.5 Å². The SMILES string of the molecule is Cc1ccccc1C(=O)NCC(=O)OC(C)C(=O)Nc1sccc1C(N)=O. The summed E-state index contributed by atoms with van der Waals surface area (Å²) in [4.78, 5) is 47.3. The van der Waals surface area contributed by atoms with E-state index in [1.165, 1.54) is 13.0 Å². The third kappa shape index (κ3) is 5.38. The molecule has 0 bridgehead atoms. The number of rotatable bonds is 7. The molecular formula is C18H19N3O5S. The monoisotopic (exact) mass is 389 g/mol. The number of anilines is 1. The molecule has 1 aromatic carbocycles. The Morgan fingerprint density at radius 3 is 2.52 bits per heavy atom. The Hall–Kier alpha value is -3.20. The summed E-state index contributed by atoms with van der Waals surface area (Å²) < 4.78 is 5.00. The van der Waals surface area contributed by atoms with Crippen LogP contribution in [0.2, 0.25) is 0 Å². The van der Waals surface area contributed by atoms with Gasteiger partial charge in [-0.1, -0.05) is 18.2 Å². The maximum Gasteiger partial charge on any atom is 0.326 e. The van der Waals surface area contributed by atoms with Crippen LogP contribution in [-0.2, 0) is 14.3 Å². The van der Waals surface area contributed by atoms with Crippen LogP contribution < -0.4 is 16.4 Å². The molecule has 0 spiro atoms. The maximum atomic E-state index is 12.1. The summed E-state index contributed by atoms with van der Waals surface area (Å²) in [5.74, 6) is -2.46. The molecule has 0 aliphatic carbocycles. The minimum atomic E-state index is -1.12. The molecule has 142 valence electrons. The van der Waals surface area contributed by atoms with E-state index in [9.17, 15) is 19.2 Å². The highest BCUT2D eigenvalue weighted by molar-refractivity contribution is 7.14. The molecule has 4 N–H and O–H groups in total. The van der Waals surface area contributed by atoms with Crippen LogP contribution in [0.15, 0.2) is 35.7 Å². The Kier molecular flexibility index (Phi) is 6.67. The fourth-order valence-electron chi connectivity index (χ4n) is 2.18. The van der Waals surface area contributed by atoms with Crippen molar-refractivity contribution in [1.82, 2.24) is 5.32 Å². The standard InChI is InChI=1S/C18H19N3O5S/c1-10-5-3-4-6-12(10)17(25)20-9-14(22)26-11(2)16(24)21-18-13(15(19)23)7-8-27-18/h3-8,11H,9H2,1-2H3,(H2,19,23)(H,20,25)(H,21,24). The van der Waals surface area contributed by atoms with Gasteiger partial charge in [-0.05, 0) is 36.9 Å². The predicted octanol–water partition coefficient (Wildman–Crippen LogP) is 1.46. The molecule has 0 saturated carbocycles. The molecule has 9 heteroatoms. The highest BCUT2D eigenvalue weighted by Gasteiger charge is 2.21. The molecular weight excluding hydrogens is 370 g/mol. The van der Waals surface area contributed by atoms with Gasteiger partial charge < -0.3 is 21.1 Å². The molecule has 3 amide bonds. The van der Waals surface area contributed by atoms with E-state index >= 15 is 0 Å². The number of hydrogen-bond acceptors (Lipinski definition) is 6. The first kappa shape index (κ1) is 20.1. The highest BCUT2D eigenvalue weighted by Crippen LogP contribution is 2.22. The number of primary amides is 1. The number of hydrogen-bond donors (Lipinski definition) is 3. The lowest BCUT2D eigenvalue weighted by molar-refractivity contribution is -0.152. The second-order valence-corrected chi connectivity index (χ2v) is 6.56. The van der Waals surface area contributed by atoms with Crippen LogP contribution >= 0.6 is 11.3 Å².